The molecule has 1 aromatic carbocycles. The van der Waals surface area contributed by atoms with Gasteiger partial charge >= 0.3 is 6.03 Å². The number of hydrogen-bond donors (Lipinski definition) is 1. The number of amides is 3. The average molecular weight is 293 g/mol. The number of nitrogens with one attached hydrogen (secondary N) is 1. The van der Waals surface area contributed by atoms with Gasteiger partial charge in [0, 0.05) is 32.7 Å². The molecule has 0 aliphatic rings. The molecule has 0 unspecified atom stereocenters. The molecule has 1 aromatic rings. The molecular formula is C15H23N3O3. The fraction of sp³-hybridized carbons (Fsp3) is 0.467. The number of benzene rings is 1. The van der Waals surface area contributed by atoms with Crippen molar-refractivity contribution in [1.29, 1.82) is 0 Å². The molecule has 3 amide bonds. The predicted octanol–water partition coefficient (Wildman–Crippen LogP) is 2.27. The summed E-state index contributed by atoms with van der Waals surface area (Å²) in [4.78, 5) is 27.2. The maximum Gasteiger partial charge on any atom is 0.321 e. The molecule has 0 saturated heterocycles. The van der Waals surface area contributed by atoms with Gasteiger partial charge < -0.3 is 19.9 Å². The Morgan fingerprint density at radius 3 is 2.29 bits per heavy atom. The van der Waals surface area contributed by atoms with E-state index in [4.69, 9.17) is 4.74 Å². The zero-order valence-corrected chi connectivity index (χ0v) is 13.3. The topological polar surface area (TPSA) is 61.9 Å². The molecule has 6 nitrogen and oxygen atoms in total. The lowest BCUT2D eigenvalue weighted by Crippen LogP contribution is -2.34. The van der Waals surface area contributed by atoms with Crippen LogP contribution in [0.1, 0.15) is 24.2 Å². The fourth-order valence-corrected chi connectivity index (χ4v) is 1.90. The van der Waals surface area contributed by atoms with E-state index >= 15 is 0 Å². The highest BCUT2D eigenvalue weighted by atomic mass is 16.5. The number of ether oxygens (including phenoxy) is 1. The Morgan fingerprint density at radius 2 is 1.81 bits per heavy atom. The number of carbonyl (C=O) groups excluding carboxylic acids is 2. The quantitative estimate of drug-likeness (QED) is 0.906. The molecule has 0 saturated carbocycles. The van der Waals surface area contributed by atoms with Gasteiger partial charge in [0.2, 0.25) is 0 Å². The Balaban J connectivity index is 3.06. The molecule has 116 valence electrons. The predicted molar refractivity (Wildman–Crippen MR) is 83.0 cm³/mol. The maximum absolute atomic E-state index is 12.1. The molecule has 0 aromatic heterocycles. The van der Waals surface area contributed by atoms with Crippen molar-refractivity contribution in [1.82, 2.24) is 9.80 Å². The molecule has 0 radical (unpaired) electrons. The van der Waals surface area contributed by atoms with Crippen LogP contribution in [0.2, 0.25) is 0 Å². The number of anilines is 1. The summed E-state index contributed by atoms with van der Waals surface area (Å²) < 4.78 is 5.23. The van der Waals surface area contributed by atoms with Gasteiger partial charge in [0.1, 0.15) is 5.75 Å². The van der Waals surface area contributed by atoms with E-state index in [1.54, 1.807) is 37.2 Å². The molecule has 0 bridgehead atoms. The third-order valence-electron chi connectivity index (χ3n) is 3.14. The summed E-state index contributed by atoms with van der Waals surface area (Å²) in [6.07, 6.45) is 0. The van der Waals surface area contributed by atoms with Crippen LogP contribution in [0.25, 0.3) is 0 Å². The lowest BCUT2D eigenvalue weighted by Gasteiger charge is -2.20. The summed E-state index contributed by atoms with van der Waals surface area (Å²) in [6.45, 7) is 5.04. The van der Waals surface area contributed by atoms with Crippen LogP contribution in [0, 0.1) is 0 Å². The van der Waals surface area contributed by atoms with Crippen molar-refractivity contribution in [2.75, 3.05) is 39.6 Å². The zero-order chi connectivity index (χ0) is 16.0. The smallest absolute Gasteiger partial charge is 0.321 e. The van der Waals surface area contributed by atoms with Gasteiger partial charge in [-0.25, -0.2) is 4.79 Å². The van der Waals surface area contributed by atoms with Crippen LogP contribution >= 0.6 is 0 Å². The minimum Gasteiger partial charge on any atom is -0.495 e. The van der Waals surface area contributed by atoms with Crippen molar-refractivity contribution in [3.63, 3.8) is 0 Å². The van der Waals surface area contributed by atoms with Gasteiger partial charge in [0.05, 0.1) is 12.8 Å². The first-order valence-electron chi connectivity index (χ1n) is 6.90. The van der Waals surface area contributed by atoms with Gasteiger partial charge in [-0.15, -0.1) is 0 Å². The lowest BCUT2D eigenvalue weighted by molar-refractivity contribution is 0.0827. The first kappa shape index (κ1) is 16.8. The van der Waals surface area contributed by atoms with Crippen LogP contribution in [0.4, 0.5) is 10.5 Å². The standard InChI is InChI=1S/C15H23N3O3/c1-6-18(7-2)15(20)16-12-10-11(14(19)17(3)4)8-9-13(12)21-5/h8-10H,6-7H2,1-5H3,(H,16,20). The minimum atomic E-state index is -0.215. The number of urea groups is 1. The van der Waals surface area contributed by atoms with E-state index in [-0.39, 0.29) is 11.9 Å². The van der Waals surface area contributed by atoms with E-state index in [0.717, 1.165) is 0 Å². The molecular weight excluding hydrogens is 270 g/mol. The van der Waals surface area contributed by atoms with Gasteiger partial charge in [-0.1, -0.05) is 0 Å². The van der Waals surface area contributed by atoms with E-state index in [1.165, 1.54) is 12.0 Å². The number of carbonyl (C=O) groups is 2. The van der Waals surface area contributed by atoms with Crippen LogP contribution in [0.5, 0.6) is 5.75 Å². The van der Waals surface area contributed by atoms with Crippen molar-refractivity contribution in [2.24, 2.45) is 0 Å². The Bertz CT molecular complexity index is 511. The summed E-state index contributed by atoms with van der Waals surface area (Å²) >= 11 is 0. The van der Waals surface area contributed by atoms with E-state index in [1.807, 2.05) is 13.8 Å². The summed E-state index contributed by atoms with van der Waals surface area (Å²) in [5, 5.41) is 2.79. The third-order valence-corrected chi connectivity index (χ3v) is 3.14. The summed E-state index contributed by atoms with van der Waals surface area (Å²) in [5.74, 6) is 0.391. The van der Waals surface area contributed by atoms with Crippen LogP contribution in [-0.2, 0) is 0 Å². The number of methoxy groups -OCH3 is 1. The molecule has 0 fully saturated rings. The maximum atomic E-state index is 12.1. The van der Waals surface area contributed by atoms with E-state index in [0.29, 0.717) is 30.1 Å². The highest BCUT2D eigenvalue weighted by molar-refractivity contribution is 5.97. The molecule has 6 heteroatoms. The second kappa shape index (κ2) is 7.52. The monoisotopic (exact) mass is 293 g/mol. The van der Waals surface area contributed by atoms with Crippen molar-refractivity contribution in [3.8, 4) is 5.75 Å². The highest BCUT2D eigenvalue weighted by Gasteiger charge is 2.15. The highest BCUT2D eigenvalue weighted by Crippen LogP contribution is 2.26. The second-order valence-electron chi connectivity index (χ2n) is 4.72. The zero-order valence-electron chi connectivity index (χ0n) is 13.3. The Hall–Kier alpha value is -2.24. The Morgan fingerprint density at radius 1 is 1.19 bits per heavy atom. The SMILES string of the molecule is CCN(CC)C(=O)Nc1cc(C(=O)N(C)C)ccc1OC. The third kappa shape index (κ3) is 4.11. The van der Waals surface area contributed by atoms with E-state index < -0.39 is 0 Å². The molecule has 0 spiro atoms. The lowest BCUT2D eigenvalue weighted by atomic mass is 10.1. The molecule has 0 atom stereocenters. The van der Waals surface area contributed by atoms with Crippen LogP contribution in [0.15, 0.2) is 18.2 Å². The van der Waals surface area contributed by atoms with E-state index in [2.05, 4.69) is 5.32 Å². The van der Waals surface area contributed by atoms with E-state index in [9.17, 15) is 9.59 Å². The van der Waals surface area contributed by atoms with Crippen molar-refractivity contribution in [3.05, 3.63) is 23.8 Å². The Labute approximate surface area is 125 Å². The average Bonchev–Trinajstić information content (AvgIpc) is 2.47. The van der Waals surface area contributed by atoms with Crippen molar-refractivity contribution in [2.45, 2.75) is 13.8 Å². The molecule has 0 aliphatic heterocycles. The fourth-order valence-electron chi connectivity index (χ4n) is 1.90. The molecule has 1 rings (SSSR count). The van der Waals surface area contributed by atoms with Gasteiger partial charge in [-0.05, 0) is 32.0 Å². The number of hydrogen-bond acceptors (Lipinski definition) is 3. The van der Waals surface area contributed by atoms with Gasteiger partial charge in [0.25, 0.3) is 5.91 Å². The molecule has 1 N–H and O–H groups in total. The first-order chi connectivity index (χ1) is 9.94. The van der Waals surface area contributed by atoms with Gasteiger partial charge in [-0.3, -0.25) is 4.79 Å². The van der Waals surface area contributed by atoms with Crippen LogP contribution < -0.4 is 10.1 Å². The summed E-state index contributed by atoms with van der Waals surface area (Å²) in [7, 11) is 4.89. The minimum absolute atomic E-state index is 0.129. The molecule has 0 aliphatic carbocycles. The van der Waals surface area contributed by atoms with Gasteiger partial charge in [0.15, 0.2) is 0 Å². The first-order valence-corrected chi connectivity index (χ1v) is 6.90. The second-order valence-corrected chi connectivity index (χ2v) is 4.72. The normalized spacial score (nSPS) is 9.95. The Kier molecular flexibility index (Phi) is 6.02. The largest absolute Gasteiger partial charge is 0.495 e. The van der Waals surface area contributed by atoms with Crippen molar-refractivity contribution < 1.29 is 14.3 Å². The molecule has 0 heterocycles. The summed E-state index contributed by atoms with van der Waals surface area (Å²) in [5.41, 5.74) is 0.984. The summed E-state index contributed by atoms with van der Waals surface area (Å²) in [6, 6.07) is 4.76. The van der Waals surface area contributed by atoms with Crippen LogP contribution in [-0.4, -0.2) is 56.0 Å². The molecule has 21 heavy (non-hydrogen) atoms. The number of nitrogens with zero attached hydrogens (tertiary/aromatic N) is 2. The van der Waals surface area contributed by atoms with Crippen LogP contribution in [0.3, 0.4) is 0 Å². The van der Waals surface area contributed by atoms with Crippen molar-refractivity contribution >= 4 is 17.6 Å². The van der Waals surface area contributed by atoms with Gasteiger partial charge in [-0.2, -0.15) is 0 Å². The number of rotatable bonds is 5.